The van der Waals surface area contributed by atoms with Crippen molar-refractivity contribution in [3.05, 3.63) is 35.4 Å². The highest BCUT2D eigenvalue weighted by Crippen LogP contribution is 2.69. The van der Waals surface area contributed by atoms with Gasteiger partial charge in [0.1, 0.15) is 0 Å². The van der Waals surface area contributed by atoms with Crippen LogP contribution >= 0.6 is 31.9 Å². The Morgan fingerprint density at radius 1 is 0.867 bits per heavy atom. The zero-order valence-electron chi connectivity index (χ0n) is 8.24. The highest BCUT2D eigenvalue weighted by Gasteiger charge is 2.61. The van der Waals surface area contributed by atoms with Crippen LogP contribution in [0.2, 0.25) is 0 Å². The van der Waals surface area contributed by atoms with Crippen molar-refractivity contribution in [2.24, 2.45) is 11.8 Å². The Labute approximate surface area is 107 Å². The van der Waals surface area contributed by atoms with Crippen molar-refractivity contribution in [1.29, 1.82) is 0 Å². The lowest BCUT2D eigenvalue weighted by molar-refractivity contribution is 0.343. The van der Waals surface area contributed by atoms with Gasteiger partial charge in [-0.25, -0.2) is 0 Å². The van der Waals surface area contributed by atoms with E-state index in [1.165, 1.54) is 6.42 Å². The molecular weight excluding hydrogens is 316 g/mol. The fourth-order valence-electron chi connectivity index (χ4n) is 4.14. The third-order valence-electron chi connectivity index (χ3n) is 4.69. The minimum Gasteiger partial charge on any atom is -0.0875 e. The first-order valence-corrected chi connectivity index (χ1v) is 7.49. The molecule has 0 amide bonds. The number of rotatable bonds is 0. The van der Waals surface area contributed by atoms with E-state index in [9.17, 15) is 0 Å². The zero-order valence-corrected chi connectivity index (χ0v) is 11.4. The monoisotopic (exact) mass is 326 g/mol. The van der Waals surface area contributed by atoms with E-state index in [4.69, 9.17) is 0 Å². The molecule has 3 aliphatic carbocycles. The Bertz CT molecular complexity index is 389. The fraction of sp³-hybridized carbons (Fsp3) is 0.538. The molecule has 0 aliphatic heterocycles. The summed E-state index contributed by atoms with van der Waals surface area (Å²) < 4.78 is 0. The second kappa shape index (κ2) is 2.89. The van der Waals surface area contributed by atoms with Crippen LogP contribution in [0.15, 0.2) is 24.3 Å². The molecule has 2 heteroatoms. The Hall–Kier alpha value is 0.180. The minimum absolute atomic E-state index is 0.692. The highest BCUT2D eigenvalue weighted by atomic mass is 79.9. The molecule has 6 atom stereocenters. The van der Waals surface area contributed by atoms with Gasteiger partial charge < -0.3 is 0 Å². The van der Waals surface area contributed by atoms with Crippen LogP contribution in [0.1, 0.15) is 29.4 Å². The van der Waals surface area contributed by atoms with Gasteiger partial charge in [0.15, 0.2) is 0 Å². The average Bonchev–Trinajstić information content (AvgIpc) is 2.70. The summed E-state index contributed by atoms with van der Waals surface area (Å²) >= 11 is 7.73. The first-order valence-electron chi connectivity index (χ1n) is 5.66. The second-order valence-corrected chi connectivity index (χ2v) is 7.25. The quantitative estimate of drug-likeness (QED) is 0.631. The largest absolute Gasteiger partial charge is 0.0875 e. The van der Waals surface area contributed by atoms with Gasteiger partial charge >= 0.3 is 0 Å². The molecule has 0 unspecified atom stereocenters. The summed E-state index contributed by atoms with van der Waals surface area (Å²) in [5, 5.41) is 0. The van der Waals surface area contributed by atoms with E-state index < -0.39 is 0 Å². The molecule has 0 aromatic heterocycles. The van der Waals surface area contributed by atoms with E-state index in [1.807, 2.05) is 0 Å². The number of hydrogen-bond donors (Lipinski definition) is 0. The van der Waals surface area contributed by atoms with E-state index in [-0.39, 0.29) is 0 Å². The van der Waals surface area contributed by atoms with Gasteiger partial charge in [0.05, 0.1) is 0 Å². The topological polar surface area (TPSA) is 0 Å². The van der Waals surface area contributed by atoms with E-state index >= 15 is 0 Å². The van der Waals surface area contributed by atoms with Crippen LogP contribution in [0.5, 0.6) is 0 Å². The average molecular weight is 328 g/mol. The van der Waals surface area contributed by atoms with Gasteiger partial charge in [0.25, 0.3) is 0 Å². The molecular formula is C13H12Br2. The Kier molecular flexibility index (Phi) is 1.78. The van der Waals surface area contributed by atoms with Crippen molar-refractivity contribution < 1.29 is 0 Å². The highest BCUT2D eigenvalue weighted by molar-refractivity contribution is 9.12. The van der Waals surface area contributed by atoms with Crippen LogP contribution in [-0.4, -0.2) is 9.65 Å². The van der Waals surface area contributed by atoms with Crippen molar-refractivity contribution in [3.8, 4) is 0 Å². The first-order chi connectivity index (χ1) is 7.29. The Morgan fingerprint density at radius 3 is 1.80 bits per heavy atom. The molecule has 78 valence electrons. The predicted octanol–water partition coefficient (Wildman–Crippen LogP) is 4.04. The summed E-state index contributed by atoms with van der Waals surface area (Å²) in [5.74, 6) is 3.48. The molecule has 1 aromatic carbocycles. The third-order valence-corrected chi connectivity index (χ3v) is 7.90. The summed E-state index contributed by atoms with van der Waals surface area (Å²) in [5.41, 5.74) is 3.28. The minimum atomic E-state index is 0.692. The summed E-state index contributed by atoms with van der Waals surface area (Å²) in [6.45, 7) is 0. The van der Waals surface area contributed by atoms with Crippen LogP contribution in [0.3, 0.4) is 0 Å². The predicted molar refractivity (Wildman–Crippen MR) is 69.0 cm³/mol. The number of fused-ring (bicyclic) bond motifs is 8. The Morgan fingerprint density at radius 2 is 1.33 bits per heavy atom. The van der Waals surface area contributed by atoms with Crippen LogP contribution < -0.4 is 0 Å². The molecule has 2 saturated carbocycles. The van der Waals surface area contributed by atoms with Crippen molar-refractivity contribution >= 4 is 31.9 Å². The van der Waals surface area contributed by atoms with E-state index in [0.717, 1.165) is 23.7 Å². The van der Waals surface area contributed by atoms with Gasteiger partial charge in [0.2, 0.25) is 0 Å². The molecule has 0 saturated heterocycles. The zero-order chi connectivity index (χ0) is 10.2. The number of halogens is 2. The summed E-state index contributed by atoms with van der Waals surface area (Å²) in [6, 6.07) is 9.05. The molecule has 0 heterocycles. The second-order valence-electron chi connectivity index (χ2n) is 5.13. The molecule has 3 aliphatic rings. The smallest absolute Gasteiger partial charge is 0.0308 e. The molecule has 1 aromatic rings. The van der Waals surface area contributed by atoms with Gasteiger partial charge in [-0.05, 0) is 41.2 Å². The van der Waals surface area contributed by atoms with Crippen molar-refractivity contribution in [2.45, 2.75) is 27.9 Å². The maximum absolute atomic E-state index is 3.87. The van der Waals surface area contributed by atoms with Crippen LogP contribution in [0.4, 0.5) is 0 Å². The maximum Gasteiger partial charge on any atom is 0.0308 e. The van der Waals surface area contributed by atoms with Crippen LogP contribution in [0.25, 0.3) is 0 Å². The summed E-state index contributed by atoms with van der Waals surface area (Å²) in [4.78, 5) is 1.38. The van der Waals surface area contributed by atoms with E-state index in [1.54, 1.807) is 11.1 Å². The normalized spacial score (nSPS) is 49.7. The summed E-state index contributed by atoms with van der Waals surface area (Å²) in [7, 11) is 0. The summed E-state index contributed by atoms with van der Waals surface area (Å²) in [6.07, 6.45) is 1.41. The molecule has 2 fully saturated rings. The lowest BCUT2D eigenvalue weighted by Gasteiger charge is -2.46. The molecule has 4 rings (SSSR count). The van der Waals surface area contributed by atoms with Crippen molar-refractivity contribution in [1.82, 2.24) is 0 Å². The van der Waals surface area contributed by atoms with Crippen molar-refractivity contribution in [2.75, 3.05) is 0 Å². The maximum atomic E-state index is 3.87. The number of hydrogen-bond acceptors (Lipinski definition) is 0. The molecule has 15 heavy (non-hydrogen) atoms. The molecule has 0 N–H and O–H groups in total. The SMILES string of the molecule is Br[C@@H]1[C@H](Br)[C@H]2C[C@@H]1[C@@H]1c3ccccc3[C@H]21. The van der Waals surface area contributed by atoms with E-state index in [0.29, 0.717) is 9.65 Å². The number of benzene rings is 1. The van der Waals surface area contributed by atoms with Crippen LogP contribution in [0, 0.1) is 11.8 Å². The number of alkyl halides is 2. The standard InChI is InChI=1S/C13H12Br2/c14-12-8-5-9(13(12)15)11-7-4-2-1-3-6(7)10(8)11/h1-4,8-13H,5H2/t8-,9+,10+,11-,12+,13-. The van der Waals surface area contributed by atoms with Crippen LogP contribution in [-0.2, 0) is 0 Å². The van der Waals surface area contributed by atoms with Gasteiger partial charge in [-0.1, -0.05) is 56.1 Å². The van der Waals surface area contributed by atoms with Crippen molar-refractivity contribution in [3.63, 3.8) is 0 Å². The molecule has 0 radical (unpaired) electrons. The molecule has 0 nitrogen and oxygen atoms in total. The van der Waals surface area contributed by atoms with Gasteiger partial charge in [0, 0.05) is 9.65 Å². The van der Waals surface area contributed by atoms with Gasteiger partial charge in [-0.15, -0.1) is 0 Å². The van der Waals surface area contributed by atoms with Gasteiger partial charge in [-0.2, -0.15) is 0 Å². The lowest BCUT2D eigenvalue weighted by Crippen LogP contribution is -2.39. The lowest BCUT2D eigenvalue weighted by atomic mass is 9.61. The molecule has 2 bridgehead atoms. The third kappa shape index (κ3) is 0.945. The van der Waals surface area contributed by atoms with E-state index in [2.05, 4.69) is 56.1 Å². The first kappa shape index (κ1) is 9.23. The fourth-order valence-corrected chi connectivity index (χ4v) is 6.01. The Balaban J connectivity index is 1.84. The molecule has 0 spiro atoms. The van der Waals surface area contributed by atoms with Gasteiger partial charge in [-0.3, -0.25) is 0 Å².